The first-order chi connectivity index (χ1) is 9.04. The van der Waals surface area contributed by atoms with E-state index in [-0.39, 0.29) is 12.1 Å². The predicted molar refractivity (Wildman–Crippen MR) is 75.3 cm³/mol. The minimum Gasteiger partial charge on any atom is -0.491 e. The van der Waals surface area contributed by atoms with Gasteiger partial charge in [-0.3, -0.25) is 0 Å². The van der Waals surface area contributed by atoms with Gasteiger partial charge in [-0.1, -0.05) is 12.1 Å². The third-order valence-electron chi connectivity index (χ3n) is 2.85. The molecule has 4 heteroatoms. The number of aryl methyl sites for hydroxylation is 3. The molecule has 2 rings (SSSR count). The summed E-state index contributed by atoms with van der Waals surface area (Å²) in [4.78, 5) is 4.06. The van der Waals surface area contributed by atoms with Gasteiger partial charge in [0.1, 0.15) is 11.5 Å². The van der Waals surface area contributed by atoms with Crippen LogP contribution < -0.4 is 10.5 Å². The van der Waals surface area contributed by atoms with Crippen molar-refractivity contribution < 1.29 is 9.15 Å². The molecule has 0 aliphatic carbocycles. The molecule has 0 aliphatic rings. The van der Waals surface area contributed by atoms with Crippen LogP contribution in [0, 0.1) is 6.92 Å². The molecule has 19 heavy (non-hydrogen) atoms. The molecule has 2 aromatic rings. The Morgan fingerprint density at radius 3 is 2.42 bits per heavy atom. The van der Waals surface area contributed by atoms with E-state index in [1.54, 1.807) is 0 Å². The SMILES string of the molecule is Cc1nc(N)oc1CCc1ccc(OC(C)C)cc1. The van der Waals surface area contributed by atoms with Crippen LogP contribution in [0.15, 0.2) is 28.7 Å². The minimum atomic E-state index is 0.200. The molecule has 1 aromatic heterocycles. The molecular formula is C15H20N2O2. The fraction of sp³-hybridized carbons (Fsp3) is 0.400. The fourth-order valence-electron chi connectivity index (χ4n) is 1.95. The standard InChI is InChI=1S/C15H20N2O2/c1-10(2)18-13-7-4-12(5-8-13)6-9-14-11(3)17-15(16)19-14/h4-5,7-8,10H,6,9H2,1-3H3,(H2,16,17). The van der Waals surface area contributed by atoms with Crippen molar-refractivity contribution in [1.82, 2.24) is 4.98 Å². The molecule has 0 aliphatic heterocycles. The van der Waals surface area contributed by atoms with Crippen molar-refractivity contribution in [3.8, 4) is 5.75 Å². The molecule has 0 fully saturated rings. The lowest BCUT2D eigenvalue weighted by Crippen LogP contribution is -2.05. The highest BCUT2D eigenvalue weighted by molar-refractivity contribution is 5.28. The van der Waals surface area contributed by atoms with Gasteiger partial charge in [0, 0.05) is 6.42 Å². The number of nitrogens with zero attached hydrogens (tertiary/aromatic N) is 1. The number of oxazole rings is 1. The van der Waals surface area contributed by atoms with Crippen molar-refractivity contribution in [3.05, 3.63) is 41.3 Å². The number of aromatic nitrogens is 1. The van der Waals surface area contributed by atoms with Crippen LogP contribution in [0.1, 0.15) is 30.9 Å². The zero-order valence-corrected chi connectivity index (χ0v) is 11.6. The van der Waals surface area contributed by atoms with E-state index in [1.165, 1.54) is 5.56 Å². The van der Waals surface area contributed by atoms with E-state index in [0.717, 1.165) is 30.0 Å². The number of ether oxygens (including phenoxy) is 1. The van der Waals surface area contributed by atoms with Gasteiger partial charge < -0.3 is 14.9 Å². The topological polar surface area (TPSA) is 61.3 Å². The van der Waals surface area contributed by atoms with Crippen LogP contribution in [0.4, 0.5) is 6.01 Å². The van der Waals surface area contributed by atoms with Crippen LogP contribution in [0.25, 0.3) is 0 Å². The van der Waals surface area contributed by atoms with Crippen molar-refractivity contribution in [2.75, 3.05) is 5.73 Å². The van der Waals surface area contributed by atoms with Gasteiger partial charge in [-0.15, -0.1) is 0 Å². The molecule has 4 nitrogen and oxygen atoms in total. The van der Waals surface area contributed by atoms with Crippen molar-refractivity contribution in [3.63, 3.8) is 0 Å². The summed E-state index contributed by atoms with van der Waals surface area (Å²) in [6.07, 6.45) is 1.91. The summed E-state index contributed by atoms with van der Waals surface area (Å²) < 4.78 is 11.0. The molecule has 0 radical (unpaired) electrons. The van der Waals surface area contributed by atoms with Crippen LogP contribution in [0.5, 0.6) is 5.75 Å². The quantitative estimate of drug-likeness (QED) is 0.897. The Labute approximate surface area is 113 Å². The number of anilines is 1. The van der Waals surface area contributed by atoms with E-state index in [1.807, 2.05) is 32.9 Å². The molecule has 0 saturated heterocycles. The summed E-state index contributed by atoms with van der Waals surface area (Å²) in [5, 5.41) is 0. The van der Waals surface area contributed by atoms with Crippen LogP contribution in [0.2, 0.25) is 0 Å². The molecule has 0 spiro atoms. The van der Waals surface area contributed by atoms with E-state index < -0.39 is 0 Å². The van der Waals surface area contributed by atoms with Crippen LogP contribution in [-0.2, 0) is 12.8 Å². The molecule has 0 unspecified atom stereocenters. The van der Waals surface area contributed by atoms with E-state index in [4.69, 9.17) is 14.9 Å². The Bertz CT molecular complexity index is 530. The summed E-state index contributed by atoms with van der Waals surface area (Å²) in [6.45, 7) is 5.95. The maximum Gasteiger partial charge on any atom is 0.292 e. The predicted octanol–water partition coefficient (Wildman–Crippen LogP) is 3.14. The van der Waals surface area contributed by atoms with E-state index >= 15 is 0 Å². The van der Waals surface area contributed by atoms with Gasteiger partial charge in [-0.25, -0.2) is 0 Å². The smallest absolute Gasteiger partial charge is 0.292 e. The van der Waals surface area contributed by atoms with Gasteiger partial charge in [-0.2, -0.15) is 4.98 Å². The summed E-state index contributed by atoms with van der Waals surface area (Å²) >= 11 is 0. The van der Waals surface area contributed by atoms with Gasteiger partial charge in [-0.05, 0) is 44.9 Å². The van der Waals surface area contributed by atoms with Gasteiger partial charge in [0.25, 0.3) is 6.01 Å². The lowest BCUT2D eigenvalue weighted by Gasteiger charge is -2.09. The summed E-state index contributed by atoms with van der Waals surface area (Å²) in [7, 11) is 0. The van der Waals surface area contributed by atoms with E-state index in [2.05, 4.69) is 17.1 Å². The molecule has 1 heterocycles. The maximum atomic E-state index is 5.61. The van der Waals surface area contributed by atoms with Gasteiger partial charge in [0.2, 0.25) is 0 Å². The lowest BCUT2D eigenvalue weighted by molar-refractivity contribution is 0.242. The zero-order chi connectivity index (χ0) is 13.8. The number of hydrogen-bond acceptors (Lipinski definition) is 4. The summed E-state index contributed by atoms with van der Waals surface area (Å²) in [5.41, 5.74) is 7.63. The first kappa shape index (κ1) is 13.5. The third-order valence-corrected chi connectivity index (χ3v) is 2.85. The number of nitrogens with two attached hydrogens (primary N) is 1. The first-order valence-electron chi connectivity index (χ1n) is 6.52. The first-order valence-corrected chi connectivity index (χ1v) is 6.52. The third kappa shape index (κ3) is 3.74. The highest BCUT2D eigenvalue weighted by Crippen LogP contribution is 2.17. The highest BCUT2D eigenvalue weighted by Gasteiger charge is 2.07. The summed E-state index contributed by atoms with van der Waals surface area (Å²) in [6, 6.07) is 8.39. The number of rotatable bonds is 5. The normalized spacial score (nSPS) is 10.9. The Morgan fingerprint density at radius 2 is 1.89 bits per heavy atom. The summed E-state index contributed by atoms with van der Waals surface area (Å²) in [5.74, 6) is 1.76. The largest absolute Gasteiger partial charge is 0.491 e. The second-order valence-corrected chi connectivity index (χ2v) is 4.87. The van der Waals surface area contributed by atoms with Crippen LogP contribution in [-0.4, -0.2) is 11.1 Å². The second-order valence-electron chi connectivity index (χ2n) is 4.87. The number of benzene rings is 1. The zero-order valence-electron chi connectivity index (χ0n) is 11.6. The van der Waals surface area contributed by atoms with Crippen LogP contribution in [0.3, 0.4) is 0 Å². The van der Waals surface area contributed by atoms with Gasteiger partial charge >= 0.3 is 0 Å². The van der Waals surface area contributed by atoms with Crippen molar-refractivity contribution in [2.24, 2.45) is 0 Å². The Balaban J connectivity index is 1.94. The Hall–Kier alpha value is -1.97. The Kier molecular flexibility index (Phi) is 4.10. The number of nitrogen functional groups attached to an aromatic ring is 1. The maximum absolute atomic E-state index is 5.61. The van der Waals surface area contributed by atoms with Crippen LogP contribution >= 0.6 is 0 Å². The van der Waals surface area contributed by atoms with Crippen molar-refractivity contribution in [1.29, 1.82) is 0 Å². The molecule has 0 atom stereocenters. The Morgan fingerprint density at radius 1 is 1.21 bits per heavy atom. The monoisotopic (exact) mass is 260 g/mol. The highest BCUT2D eigenvalue weighted by atomic mass is 16.5. The van der Waals surface area contributed by atoms with E-state index in [9.17, 15) is 0 Å². The fourth-order valence-corrected chi connectivity index (χ4v) is 1.95. The molecule has 0 amide bonds. The minimum absolute atomic E-state index is 0.200. The molecule has 0 saturated carbocycles. The molecular weight excluding hydrogens is 240 g/mol. The average molecular weight is 260 g/mol. The van der Waals surface area contributed by atoms with Gasteiger partial charge in [0.15, 0.2) is 0 Å². The number of hydrogen-bond donors (Lipinski definition) is 1. The molecule has 0 bridgehead atoms. The average Bonchev–Trinajstić information content (AvgIpc) is 2.66. The van der Waals surface area contributed by atoms with Crippen molar-refractivity contribution >= 4 is 6.01 Å². The lowest BCUT2D eigenvalue weighted by atomic mass is 10.1. The van der Waals surface area contributed by atoms with Gasteiger partial charge in [0.05, 0.1) is 11.8 Å². The molecule has 102 valence electrons. The molecule has 1 aromatic carbocycles. The van der Waals surface area contributed by atoms with E-state index in [0.29, 0.717) is 0 Å². The molecule has 2 N–H and O–H groups in total. The van der Waals surface area contributed by atoms with Crippen molar-refractivity contribution in [2.45, 2.75) is 39.7 Å². The second kappa shape index (κ2) is 5.78.